The molecule has 0 unspecified atom stereocenters. The molecule has 31 heavy (non-hydrogen) atoms. The van der Waals surface area contributed by atoms with Crippen LogP contribution in [0.4, 0.5) is 11.5 Å². The second-order valence-electron chi connectivity index (χ2n) is 6.78. The number of ether oxygens (including phenoxy) is 3. The normalized spacial score (nSPS) is 10.7. The van der Waals surface area contributed by atoms with Crippen LogP contribution in [0.2, 0.25) is 0 Å². The smallest absolute Gasteiger partial charge is 0.243 e. The van der Waals surface area contributed by atoms with Crippen molar-refractivity contribution in [1.82, 2.24) is 15.4 Å². The first-order chi connectivity index (χ1) is 15.1. The van der Waals surface area contributed by atoms with E-state index in [1.165, 1.54) is 0 Å². The number of aromatic nitrogens is 2. The molecule has 0 saturated heterocycles. The molecule has 0 spiro atoms. The van der Waals surface area contributed by atoms with Gasteiger partial charge in [0.15, 0.2) is 11.5 Å². The summed E-state index contributed by atoms with van der Waals surface area (Å²) < 4.78 is 16.7. The summed E-state index contributed by atoms with van der Waals surface area (Å²) in [6, 6.07) is 13.4. The summed E-state index contributed by atoms with van der Waals surface area (Å²) in [5.74, 6) is 2.02. The van der Waals surface area contributed by atoms with Crippen LogP contribution >= 0.6 is 0 Å². The minimum absolute atomic E-state index is 0.153. The van der Waals surface area contributed by atoms with Crippen LogP contribution < -0.4 is 19.9 Å². The number of amides is 1. The summed E-state index contributed by atoms with van der Waals surface area (Å²) in [7, 11) is 3.19. The van der Waals surface area contributed by atoms with Gasteiger partial charge in [0.2, 0.25) is 5.91 Å². The minimum atomic E-state index is -0.457. The molecule has 2 aromatic carbocycles. The van der Waals surface area contributed by atoms with Gasteiger partial charge < -0.3 is 19.1 Å². The highest BCUT2D eigenvalue weighted by Gasteiger charge is 2.18. The highest BCUT2D eigenvalue weighted by molar-refractivity contribution is 5.91. The van der Waals surface area contributed by atoms with Gasteiger partial charge in [-0.15, -0.1) is 0 Å². The maximum atomic E-state index is 11.2. The minimum Gasteiger partial charge on any atom is -0.493 e. The van der Waals surface area contributed by atoms with Crippen molar-refractivity contribution in [3.63, 3.8) is 0 Å². The molecule has 164 valence electrons. The quantitative estimate of drug-likeness (QED) is 0.220. The molecule has 0 saturated carbocycles. The molecule has 0 fully saturated rings. The number of nitrogens with one attached hydrogen (secondary N) is 1. The van der Waals surface area contributed by atoms with E-state index in [0.717, 1.165) is 22.4 Å². The lowest BCUT2D eigenvalue weighted by molar-refractivity contribution is -0.129. The van der Waals surface area contributed by atoms with Crippen molar-refractivity contribution in [2.75, 3.05) is 32.5 Å². The van der Waals surface area contributed by atoms with Crippen molar-refractivity contribution in [2.24, 2.45) is 0 Å². The Hall–Kier alpha value is -3.43. The highest BCUT2D eigenvalue weighted by atomic mass is 16.5. The number of hydroxylamine groups is 1. The Bertz CT molecular complexity index is 1040. The maximum absolute atomic E-state index is 11.2. The number of fused-ring (bicyclic) bond motifs is 1. The summed E-state index contributed by atoms with van der Waals surface area (Å²) in [5.41, 5.74) is 3.26. The van der Waals surface area contributed by atoms with Gasteiger partial charge in [-0.2, -0.15) is 0 Å². The van der Waals surface area contributed by atoms with E-state index in [2.05, 4.69) is 9.97 Å². The Balaban J connectivity index is 1.94. The van der Waals surface area contributed by atoms with Crippen molar-refractivity contribution >= 4 is 28.3 Å². The summed E-state index contributed by atoms with van der Waals surface area (Å²) in [6.07, 6.45) is 0.595. The first-order valence-electron chi connectivity index (χ1n) is 9.81. The van der Waals surface area contributed by atoms with Crippen LogP contribution in [-0.2, 0) is 9.53 Å². The lowest BCUT2D eigenvalue weighted by Crippen LogP contribution is -2.22. The number of hydrogen-bond acceptors (Lipinski definition) is 8. The van der Waals surface area contributed by atoms with E-state index in [-0.39, 0.29) is 19.8 Å². The van der Waals surface area contributed by atoms with Gasteiger partial charge in [0, 0.05) is 30.7 Å². The van der Waals surface area contributed by atoms with Crippen molar-refractivity contribution in [3.8, 4) is 11.5 Å². The van der Waals surface area contributed by atoms with Crippen LogP contribution in [0.1, 0.15) is 18.7 Å². The number of rotatable bonds is 10. The van der Waals surface area contributed by atoms with E-state index < -0.39 is 5.91 Å². The predicted molar refractivity (Wildman–Crippen MR) is 116 cm³/mol. The van der Waals surface area contributed by atoms with Crippen LogP contribution in [0.25, 0.3) is 10.9 Å². The lowest BCUT2D eigenvalue weighted by atomic mass is 10.2. The van der Waals surface area contributed by atoms with Crippen molar-refractivity contribution in [2.45, 2.75) is 19.8 Å². The Morgan fingerprint density at radius 2 is 1.94 bits per heavy atom. The molecular weight excluding hydrogens is 400 g/mol. The highest BCUT2D eigenvalue weighted by Crippen LogP contribution is 2.36. The third-order valence-corrected chi connectivity index (χ3v) is 4.60. The lowest BCUT2D eigenvalue weighted by Gasteiger charge is -2.25. The van der Waals surface area contributed by atoms with Gasteiger partial charge in [0.1, 0.15) is 18.4 Å². The molecule has 0 aliphatic rings. The third-order valence-electron chi connectivity index (χ3n) is 4.60. The number of aryl methyl sites for hydroxylation is 1. The first-order valence-corrected chi connectivity index (χ1v) is 9.81. The van der Waals surface area contributed by atoms with E-state index in [0.29, 0.717) is 23.7 Å². The second kappa shape index (κ2) is 10.6. The summed E-state index contributed by atoms with van der Waals surface area (Å²) in [4.78, 5) is 22.3. The zero-order chi connectivity index (χ0) is 22.2. The van der Waals surface area contributed by atoms with Gasteiger partial charge in [-0.1, -0.05) is 12.1 Å². The Morgan fingerprint density at radius 3 is 2.68 bits per heavy atom. The monoisotopic (exact) mass is 426 g/mol. The number of nitrogens with zero attached hydrogens (tertiary/aromatic N) is 3. The number of benzene rings is 2. The van der Waals surface area contributed by atoms with Gasteiger partial charge in [-0.05, 0) is 37.6 Å². The van der Waals surface area contributed by atoms with Gasteiger partial charge in [-0.3, -0.25) is 10.0 Å². The molecule has 3 aromatic rings. The molecule has 0 atom stereocenters. The van der Waals surface area contributed by atoms with E-state index >= 15 is 0 Å². The average molecular weight is 426 g/mol. The van der Waals surface area contributed by atoms with Crippen LogP contribution in [0.3, 0.4) is 0 Å². The second-order valence-corrected chi connectivity index (χ2v) is 6.78. The fraction of sp³-hybridized carbons (Fsp3) is 0.318. The number of carbonyl (C=O) groups excluding carboxylic acids is 1. The standard InChI is InChI=1S/C22H26N4O5/c1-15-23-18-8-5-4-7-17(18)22(24-15)26(14-29-2)16-10-11-19(30-3)20(13-16)31-12-6-9-21(27)25-28/h4-5,7-8,10-11,13,28H,6,9,12,14H2,1-3H3,(H,25,27). The molecule has 3 rings (SSSR count). The SMILES string of the molecule is COCN(c1ccc(OC)c(OCCCC(=O)NO)c1)c1nc(C)nc2ccccc12. The van der Waals surface area contributed by atoms with Gasteiger partial charge in [0.05, 0.1) is 19.2 Å². The molecule has 9 heteroatoms. The number of para-hydroxylation sites is 1. The Morgan fingerprint density at radius 1 is 1.13 bits per heavy atom. The topological polar surface area (TPSA) is 106 Å². The maximum Gasteiger partial charge on any atom is 0.243 e. The molecule has 0 bridgehead atoms. The first kappa shape index (κ1) is 22.3. The Labute approximate surface area is 180 Å². The molecule has 0 aliphatic heterocycles. The largest absolute Gasteiger partial charge is 0.493 e. The van der Waals surface area contributed by atoms with E-state index in [1.807, 2.05) is 54.3 Å². The molecule has 0 radical (unpaired) electrons. The van der Waals surface area contributed by atoms with E-state index in [9.17, 15) is 4.79 Å². The summed E-state index contributed by atoms with van der Waals surface area (Å²) in [6.45, 7) is 2.40. The number of methoxy groups -OCH3 is 2. The van der Waals surface area contributed by atoms with Gasteiger partial charge >= 0.3 is 0 Å². The predicted octanol–water partition coefficient (Wildman–Crippen LogP) is 3.35. The van der Waals surface area contributed by atoms with E-state index in [1.54, 1.807) is 19.7 Å². The van der Waals surface area contributed by atoms with Crippen molar-refractivity contribution < 1.29 is 24.2 Å². The summed E-state index contributed by atoms with van der Waals surface area (Å²) in [5, 5.41) is 9.50. The molecule has 1 aromatic heterocycles. The molecular formula is C22H26N4O5. The fourth-order valence-electron chi connectivity index (χ4n) is 3.18. The molecule has 9 nitrogen and oxygen atoms in total. The van der Waals surface area contributed by atoms with Crippen LogP contribution in [-0.4, -0.2) is 48.6 Å². The zero-order valence-electron chi connectivity index (χ0n) is 17.8. The molecule has 2 N–H and O–H groups in total. The van der Waals surface area contributed by atoms with E-state index in [4.69, 9.17) is 19.4 Å². The molecule has 0 aliphatic carbocycles. The van der Waals surface area contributed by atoms with Crippen LogP contribution in [0.5, 0.6) is 11.5 Å². The van der Waals surface area contributed by atoms with Gasteiger partial charge in [-0.25, -0.2) is 15.4 Å². The van der Waals surface area contributed by atoms with Crippen molar-refractivity contribution in [3.05, 3.63) is 48.3 Å². The third kappa shape index (κ3) is 5.39. The number of hydrogen-bond donors (Lipinski definition) is 2. The summed E-state index contributed by atoms with van der Waals surface area (Å²) >= 11 is 0. The van der Waals surface area contributed by atoms with Crippen LogP contribution in [0, 0.1) is 6.92 Å². The zero-order valence-corrected chi connectivity index (χ0v) is 17.8. The molecule has 1 heterocycles. The fourth-order valence-corrected chi connectivity index (χ4v) is 3.18. The van der Waals surface area contributed by atoms with Gasteiger partial charge in [0.25, 0.3) is 0 Å². The molecule has 1 amide bonds. The van der Waals surface area contributed by atoms with Crippen molar-refractivity contribution in [1.29, 1.82) is 0 Å². The average Bonchev–Trinajstić information content (AvgIpc) is 2.79. The number of anilines is 2. The van der Waals surface area contributed by atoms with Crippen LogP contribution in [0.15, 0.2) is 42.5 Å². The Kier molecular flexibility index (Phi) is 7.58. The number of carbonyl (C=O) groups is 1.